The third-order valence-electron chi connectivity index (χ3n) is 8.90. The number of imide groups is 1. The molecule has 2 amide bonds. The summed E-state index contributed by atoms with van der Waals surface area (Å²) < 4.78 is 17.0. The van der Waals surface area contributed by atoms with Gasteiger partial charge >= 0.3 is 5.97 Å². The number of anilines is 1. The number of nitrogens with zero attached hydrogens (tertiary/aromatic N) is 2. The summed E-state index contributed by atoms with van der Waals surface area (Å²) in [5, 5.41) is 13.2. The summed E-state index contributed by atoms with van der Waals surface area (Å²) in [6.45, 7) is 1.69. The van der Waals surface area contributed by atoms with E-state index in [1.54, 1.807) is 19.1 Å². The standard InChI is InChI=1S/C33H22N2O8/c1-16-12-19(35(39)40)8-9-23(16)34-31(36)28-21(18-7-10-24-26(13-18)42-15-41-24)14-22-27-20-5-3-2-4-17(20)6-11-25(27)43-33(38)29(22)30(28)32(34)37/h2-14,21,28-30H,15H2,1H3/t21-,28-,29-,30+/m1/s1. The van der Waals surface area contributed by atoms with Gasteiger partial charge in [0.05, 0.1) is 28.4 Å². The smallest absolute Gasteiger partial charge is 0.319 e. The topological polar surface area (TPSA) is 125 Å². The molecule has 8 rings (SSSR count). The molecule has 0 spiro atoms. The van der Waals surface area contributed by atoms with Gasteiger partial charge in [0.25, 0.3) is 5.69 Å². The largest absolute Gasteiger partial charge is 0.454 e. The van der Waals surface area contributed by atoms with Gasteiger partial charge in [-0.25, -0.2) is 4.90 Å². The zero-order chi connectivity index (χ0) is 29.6. The summed E-state index contributed by atoms with van der Waals surface area (Å²) in [5.74, 6) is -3.73. The van der Waals surface area contributed by atoms with Crippen molar-refractivity contribution in [3.63, 3.8) is 0 Å². The highest BCUT2D eigenvalue weighted by Gasteiger charge is 2.60. The first-order valence-corrected chi connectivity index (χ1v) is 13.8. The monoisotopic (exact) mass is 574 g/mol. The molecule has 0 saturated carbocycles. The van der Waals surface area contributed by atoms with Crippen LogP contribution in [0.2, 0.25) is 0 Å². The molecule has 3 aliphatic heterocycles. The summed E-state index contributed by atoms with van der Waals surface area (Å²) in [6.07, 6.45) is 1.92. The number of non-ortho nitro benzene ring substituents is 1. The van der Waals surface area contributed by atoms with Crippen molar-refractivity contribution < 1.29 is 33.5 Å². The first kappa shape index (κ1) is 25.2. The molecule has 212 valence electrons. The number of hydrogen-bond acceptors (Lipinski definition) is 8. The fourth-order valence-corrected chi connectivity index (χ4v) is 7.02. The van der Waals surface area contributed by atoms with E-state index in [-0.39, 0.29) is 18.2 Å². The maximum atomic E-state index is 14.4. The fraction of sp³-hybridized carbons (Fsp3) is 0.182. The van der Waals surface area contributed by atoms with Crippen molar-refractivity contribution in [3.8, 4) is 17.2 Å². The Morgan fingerprint density at radius 2 is 1.63 bits per heavy atom. The van der Waals surface area contributed by atoms with Crippen LogP contribution in [0.4, 0.5) is 11.4 Å². The van der Waals surface area contributed by atoms with Crippen molar-refractivity contribution in [1.29, 1.82) is 0 Å². The number of carbonyl (C=O) groups is 3. The number of amides is 2. The molecule has 0 unspecified atom stereocenters. The summed E-state index contributed by atoms with van der Waals surface area (Å²) in [5.41, 5.74) is 2.57. The zero-order valence-corrected chi connectivity index (χ0v) is 22.7. The number of aryl methyl sites for hydroxylation is 1. The van der Waals surface area contributed by atoms with Crippen LogP contribution in [0.25, 0.3) is 16.3 Å². The third-order valence-corrected chi connectivity index (χ3v) is 8.90. The van der Waals surface area contributed by atoms with E-state index in [0.29, 0.717) is 28.4 Å². The number of benzene rings is 4. The van der Waals surface area contributed by atoms with Crippen molar-refractivity contribution in [3.05, 3.63) is 106 Å². The van der Waals surface area contributed by atoms with E-state index < -0.39 is 46.4 Å². The lowest BCUT2D eigenvalue weighted by atomic mass is 9.64. The summed E-state index contributed by atoms with van der Waals surface area (Å²) in [4.78, 5) is 54.3. The van der Waals surface area contributed by atoms with Gasteiger partial charge in [-0.15, -0.1) is 0 Å². The van der Waals surface area contributed by atoms with E-state index in [0.717, 1.165) is 26.8 Å². The molecule has 10 nitrogen and oxygen atoms in total. The third kappa shape index (κ3) is 3.56. The van der Waals surface area contributed by atoms with Crippen LogP contribution < -0.4 is 19.1 Å². The Morgan fingerprint density at radius 3 is 2.44 bits per heavy atom. The quantitative estimate of drug-likeness (QED) is 0.106. The van der Waals surface area contributed by atoms with Crippen LogP contribution in [0.5, 0.6) is 17.2 Å². The Labute approximate surface area is 244 Å². The van der Waals surface area contributed by atoms with Gasteiger partial charge in [-0.3, -0.25) is 24.5 Å². The maximum absolute atomic E-state index is 14.4. The number of nitro benzene ring substituents is 1. The lowest BCUT2D eigenvalue weighted by Gasteiger charge is -2.38. The van der Waals surface area contributed by atoms with E-state index >= 15 is 0 Å². The highest BCUT2D eigenvalue weighted by Crippen LogP contribution is 2.56. The van der Waals surface area contributed by atoms with Gasteiger partial charge in [-0.1, -0.05) is 42.5 Å². The number of carbonyl (C=O) groups excluding carboxylic acids is 3. The van der Waals surface area contributed by atoms with Gasteiger partial charge in [0, 0.05) is 23.6 Å². The lowest BCUT2D eigenvalue weighted by molar-refractivity contribution is -0.384. The second kappa shape index (κ2) is 8.99. The number of ether oxygens (including phenoxy) is 3. The normalized spacial score (nSPS) is 23.4. The van der Waals surface area contributed by atoms with Crippen LogP contribution in [0, 0.1) is 34.8 Å². The molecule has 0 radical (unpaired) electrons. The second-order valence-electron chi connectivity index (χ2n) is 11.1. The molecule has 4 aromatic rings. The summed E-state index contributed by atoms with van der Waals surface area (Å²) in [6, 6.07) is 20.8. The predicted octanol–water partition coefficient (Wildman–Crippen LogP) is 5.31. The van der Waals surface area contributed by atoms with Crippen LogP contribution in [0.3, 0.4) is 0 Å². The maximum Gasteiger partial charge on any atom is 0.319 e. The van der Waals surface area contributed by atoms with Crippen LogP contribution >= 0.6 is 0 Å². The molecule has 4 atom stereocenters. The molecule has 0 N–H and O–H groups in total. The minimum Gasteiger partial charge on any atom is -0.454 e. The van der Waals surface area contributed by atoms with E-state index in [9.17, 15) is 24.5 Å². The van der Waals surface area contributed by atoms with Crippen molar-refractivity contribution >= 4 is 45.5 Å². The lowest BCUT2D eigenvalue weighted by Crippen LogP contribution is -2.42. The Kier molecular flexibility index (Phi) is 5.27. The predicted molar refractivity (Wildman–Crippen MR) is 154 cm³/mol. The van der Waals surface area contributed by atoms with Crippen molar-refractivity contribution in [2.45, 2.75) is 12.8 Å². The molecular formula is C33H22N2O8. The molecule has 43 heavy (non-hydrogen) atoms. The number of hydrogen-bond donors (Lipinski definition) is 0. The molecule has 4 aliphatic rings. The van der Waals surface area contributed by atoms with Crippen LogP contribution in [0.1, 0.15) is 22.6 Å². The molecule has 1 saturated heterocycles. The minimum absolute atomic E-state index is 0.0779. The molecule has 4 aromatic carbocycles. The van der Waals surface area contributed by atoms with Gasteiger partial charge in [0.2, 0.25) is 18.6 Å². The summed E-state index contributed by atoms with van der Waals surface area (Å²) >= 11 is 0. The van der Waals surface area contributed by atoms with Gasteiger partial charge in [0.15, 0.2) is 11.5 Å². The number of rotatable bonds is 3. The van der Waals surface area contributed by atoms with E-state index in [1.165, 1.54) is 18.2 Å². The van der Waals surface area contributed by atoms with Gasteiger partial charge < -0.3 is 14.2 Å². The molecular weight excluding hydrogens is 552 g/mol. The first-order chi connectivity index (χ1) is 20.8. The Hall–Kier alpha value is -5.51. The number of allylic oxidation sites excluding steroid dienone is 1. The van der Waals surface area contributed by atoms with Crippen molar-refractivity contribution in [2.24, 2.45) is 17.8 Å². The number of esters is 1. The fourth-order valence-electron chi connectivity index (χ4n) is 7.02. The average Bonchev–Trinajstić information content (AvgIpc) is 3.58. The SMILES string of the molecule is Cc1cc([N+](=O)[O-])ccc1N1C(=O)[C@@H]2[C@@H]3C(=O)Oc4ccc5ccccc5c4C3=C[C@H](c3ccc4c(c3)OCO4)[C@H]2C1=O. The molecule has 1 aliphatic carbocycles. The highest BCUT2D eigenvalue weighted by molar-refractivity contribution is 6.25. The van der Waals surface area contributed by atoms with Crippen LogP contribution in [-0.4, -0.2) is 29.5 Å². The van der Waals surface area contributed by atoms with Gasteiger partial charge in [-0.2, -0.15) is 0 Å². The molecule has 3 heterocycles. The van der Waals surface area contributed by atoms with E-state index in [1.807, 2.05) is 48.5 Å². The van der Waals surface area contributed by atoms with Gasteiger partial charge in [-0.05, 0) is 58.7 Å². The minimum atomic E-state index is -1.06. The van der Waals surface area contributed by atoms with Crippen LogP contribution in [-0.2, 0) is 14.4 Å². The molecule has 10 heteroatoms. The van der Waals surface area contributed by atoms with Crippen LogP contribution in [0.15, 0.2) is 78.9 Å². The Balaban J connectivity index is 1.34. The highest BCUT2D eigenvalue weighted by atomic mass is 16.7. The molecule has 1 fully saturated rings. The Morgan fingerprint density at radius 1 is 0.860 bits per heavy atom. The number of fused-ring (bicyclic) bond motifs is 8. The van der Waals surface area contributed by atoms with Crippen molar-refractivity contribution in [2.75, 3.05) is 11.7 Å². The Bertz CT molecular complexity index is 1980. The van der Waals surface area contributed by atoms with E-state index in [4.69, 9.17) is 14.2 Å². The number of nitro groups is 1. The zero-order valence-electron chi connectivity index (χ0n) is 22.7. The average molecular weight is 575 g/mol. The molecule has 0 bridgehead atoms. The van der Waals surface area contributed by atoms with Gasteiger partial charge in [0.1, 0.15) is 5.75 Å². The second-order valence-corrected chi connectivity index (χ2v) is 11.1. The summed E-state index contributed by atoms with van der Waals surface area (Å²) in [7, 11) is 0. The molecule has 0 aromatic heterocycles. The first-order valence-electron chi connectivity index (χ1n) is 13.8. The van der Waals surface area contributed by atoms with E-state index in [2.05, 4.69) is 0 Å². The van der Waals surface area contributed by atoms with Crippen molar-refractivity contribution in [1.82, 2.24) is 0 Å².